The van der Waals surface area contributed by atoms with Crippen LogP contribution in [0.4, 0.5) is 0 Å². The molecule has 1 aromatic carbocycles. The molecule has 0 atom stereocenters. The standard InChI is InChI=1S/C16H18N2O4/c1-3-21-16(20)15-11(2)22-18-13(15)9-14(19)17-10-12-7-5-4-6-8-12/h4-8H,3,9-10H2,1-2H3,(H,17,19). The van der Waals surface area contributed by atoms with E-state index in [0.717, 1.165) is 5.56 Å². The summed E-state index contributed by atoms with van der Waals surface area (Å²) in [6.45, 7) is 4.01. The van der Waals surface area contributed by atoms with E-state index in [9.17, 15) is 9.59 Å². The van der Waals surface area contributed by atoms with Gasteiger partial charge in [0, 0.05) is 6.54 Å². The molecule has 2 aromatic rings. The minimum Gasteiger partial charge on any atom is -0.462 e. The van der Waals surface area contributed by atoms with Gasteiger partial charge < -0.3 is 14.6 Å². The van der Waals surface area contributed by atoms with Crippen molar-refractivity contribution in [1.82, 2.24) is 10.5 Å². The number of aryl methyl sites for hydroxylation is 1. The molecule has 1 aromatic heterocycles. The molecule has 0 radical (unpaired) electrons. The average molecular weight is 302 g/mol. The third kappa shape index (κ3) is 3.94. The predicted octanol–water partition coefficient (Wildman–Crippen LogP) is 2.02. The monoisotopic (exact) mass is 302 g/mol. The third-order valence-electron chi connectivity index (χ3n) is 3.07. The second-order valence-corrected chi connectivity index (χ2v) is 4.72. The number of carbonyl (C=O) groups excluding carboxylic acids is 2. The summed E-state index contributed by atoms with van der Waals surface area (Å²) >= 11 is 0. The molecule has 1 N–H and O–H groups in total. The highest BCUT2D eigenvalue weighted by Gasteiger charge is 2.23. The normalized spacial score (nSPS) is 10.3. The molecule has 0 aliphatic carbocycles. The fourth-order valence-corrected chi connectivity index (χ4v) is 2.01. The van der Waals surface area contributed by atoms with Crippen LogP contribution in [0.5, 0.6) is 0 Å². The highest BCUT2D eigenvalue weighted by Crippen LogP contribution is 2.15. The second kappa shape index (κ2) is 7.40. The molecule has 1 amide bonds. The maximum atomic E-state index is 12.0. The highest BCUT2D eigenvalue weighted by atomic mass is 16.5. The van der Waals surface area contributed by atoms with Crippen LogP contribution < -0.4 is 5.32 Å². The largest absolute Gasteiger partial charge is 0.462 e. The molecule has 116 valence electrons. The van der Waals surface area contributed by atoms with Crippen LogP contribution in [0, 0.1) is 6.92 Å². The second-order valence-electron chi connectivity index (χ2n) is 4.72. The summed E-state index contributed by atoms with van der Waals surface area (Å²) in [7, 11) is 0. The van der Waals surface area contributed by atoms with E-state index in [1.807, 2.05) is 30.3 Å². The van der Waals surface area contributed by atoms with Crippen molar-refractivity contribution in [2.24, 2.45) is 0 Å². The molecule has 0 aliphatic heterocycles. The van der Waals surface area contributed by atoms with Gasteiger partial charge in [0.15, 0.2) is 0 Å². The van der Waals surface area contributed by atoms with Gasteiger partial charge in [-0.3, -0.25) is 4.79 Å². The van der Waals surface area contributed by atoms with Gasteiger partial charge >= 0.3 is 5.97 Å². The minimum atomic E-state index is -0.521. The van der Waals surface area contributed by atoms with Crippen molar-refractivity contribution in [3.8, 4) is 0 Å². The Hall–Kier alpha value is -2.63. The van der Waals surface area contributed by atoms with E-state index >= 15 is 0 Å². The first kappa shape index (κ1) is 15.8. The number of rotatable bonds is 6. The van der Waals surface area contributed by atoms with Crippen LogP contribution in [0.2, 0.25) is 0 Å². The topological polar surface area (TPSA) is 81.4 Å². The Bertz CT molecular complexity index is 649. The summed E-state index contributed by atoms with van der Waals surface area (Å²) in [6.07, 6.45) is -0.0294. The van der Waals surface area contributed by atoms with Gasteiger partial charge in [-0.2, -0.15) is 0 Å². The van der Waals surface area contributed by atoms with Gasteiger partial charge in [-0.15, -0.1) is 0 Å². The predicted molar refractivity (Wildman–Crippen MR) is 79.2 cm³/mol. The molecule has 0 unspecified atom stereocenters. The number of nitrogens with one attached hydrogen (secondary N) is 1. The average Bonchev–Trinajstić information content (AvgIpc) is 2.87. The summed E-state index contributed by atoms with van der Waals surface area (Å²) in [5.41, 5.74) is 1.52. The number of nitrogens with zero attached hydrogens (tertiary/aromatic N) is 1. The first-order chi connectivity index (χ1) is 10.6. The van der Waals surface area contributed by atoms with Crippen LogP contribution >= 0.6 is 0 Å². The number of carbonyl (C=O) groups is 2. The molecule has 22 heavy (non-hydrogen) atoms. The van der Waals surface area contributed by atoms with Crippen LogP contribution in [-0.2, 0) is 22.5 Å². The first-order valence-electron chi connectivity index (χ1n) is 7.04. The Morgan fingerprint density at radius 3 is 2.68 bits per heavy atom. The number of hydrogen-bond donors (Lipinski definition) is 1. The molecule has 6 heteroatoms. The summed E-state index contributed by atoms with van der Waals surface area (Å²) < 4.78 is 9.94. The van der Waals surface area contributed by atoms with Gasteiger partial charge in [-0.25, -0.2) is 4.79 Å². The van der Waals surface area contributed by atoms with E-state index < -0.39 is 5.97 Å². The van der Waals surface area contributed by atoms with Gasteiger partial charge in [0.05, 0.1) is 13.0 Å². The fraction of sp³-hybridized carbons (Fsp3) is 0.312. The summed E-state index contributed by atoms with van der Waals surface area (Å²) in [6, 6.07) is 9.56. The molecule has 2 rings (SSSR count). The zero-order valence-electron chi connectivity index (χ0n) is 12.6. The highest BCUT2D eigenvalue weighted by molar-refractivity contribution is 5.93. The molecule has 1 heterocycles. The third-order valence-corrected chi connectivity index (χ3v) is 3.07. The van der Waals surface area contributed by atoms with E-state index in [1.54, 1.807) is 13.8 Å². The first-order valence-corrected chi connectivity index (χ1v) is 7.04. The van der Waals surface area contributed by atoms with E-state index in [2.05, 4.69) is 10.5 Å². The minimum absolute atomic E-state index is 0.0294. The lowest BCUT2D eigenvalue weighted by Gasteiger charge is -2.05. The summed E-state index contributed by atoms with van der Waals surface area (Å²) in [4.78, 5) is 23.8. The molecular weight excluding hydrogens is 284 g/mol. The van der Waals surface area contributed by atoms with E-state index in [4.69, 9.17) is 9.26 Å². The van der Waals surface area contributed by atoms with Gasteiger partial charge in [-0.05, 0) is 19.4 Å². The van der Waals surface area contributed by atoms with Crippen LogP contribution in [-0.4, -0.2) is 23.6 Å². The van der Waals surface area contributed by atoms with Crippen molar-refractivity contribution in [1.29, 1.82) is 0 Å². The van der Waals surface area contributed by atoms with Crippen molar-refractivity contribution < 1.29 is 18.8 Å². The Morgan fingerprint density at radius 2 is 2.00 bits per heavy atom. The quantitative estimate of drug-likeness (QED) is 0.826. The molecule has 0 aliphatic rings. The number of benzene rings is 1. The van der Waals surface area contributed by atoms with Crippen LogP contribution in [0.15, 0.2) is 34.9 Å². The molecule has 0 saturated carbocycles. The summed E-state index contributed by atoms with van der Waals surface area (Å²) in [5, 5.41) is 6.56. The number of ether oxygens (including phenoxy) is 1. The van der Waals surface area contributed by atoms with E-state index in [-0.39, 0.29) is 24.5 Å². The number of amides is 1. The van der Waals surface area contributed by atoms with Crippen molar-refractivity contribution in [2.75, 3.05) is 6.61 Å². The maximum Gasteiger partial charge on any atom is 0.343 e. The maximum absolute atomic E-state index is 12.0. The van der Waals surface area contributed by atoms with Gasteiger partial charge in [0.25, 0.3) is 0 Å². The van der Waals surface area contributed by atoms with Crippen LogP contribution in [0.3, 0.4) is 0 Å². The molecule has 0 fully saturated rings. The number of aromatic nitrogens is 1. The zero-order chi connectivity index (χ0) is 15.9. The summed E-state index contributed by atoms with van der Waals surface area (Å²) in [5.74, 6) is -0.404. The Kier molecular flexibility index (Phi) is 5.30. The number of hydrogen-bond acceptors (Lipinski definition) is 5. The van der Waals surface area contributed by atoms with E-state index in [0.29, 0.717) is 18.0 Å². The molecule has 6 nitrogen and oxygen atoms in total. The van der Waals surface area contributed by atoms with Gasteiger partial charge in [-0.1, -0.05) is 35.5 Å². The van der Waals surface area contributed by atoms with Crippen LogP contribution in [0.1, 0.15) is 34.3 Å². The van der Waals surface area contributed by atoms with Crippen molar-refractivity contribution in [3.63, 3.8) is 0 Å². The van der Waals surface area contributed by atoms with Crippen molar-refractivity contribution >= 4 is 11.9 Å². The Labute approximate surface area is 128 Å². The Morgan fingerprint density at radius 1 is 1.27 bits per heavy atom. The lowest BCUT2D eigenvalue weighted by Crippen LogP contribution is -2.25. The van der Waals surface area contributed by atoms with Crippen molar-refractivity contribution in [3.05, 3.63) is 52.9 Å². The SMILES string of the molecule is CCOC(=O)c1c(CC(=O)NCc2ccccc2)noc1C. The van der Waals surface area contributed by atoms with Crippen molar-refractivity contribution in [2.45, 2.75) is 26.8 Å². The zero-order valence-corrected chi connectivity index (χ0v) is 12.6. The lowest BCUT2D eigenvalue weighted by molar-refractivity contribution is -0.120. The molecule has 0 bridgehead atoms. The van der Waals surface area contributed by atoms with Gasteiger partial charge in [0.1, 0.15) is 17.0 Å². The lowest BCUT2D eigenvalue weighted by atomic mass is 10.1. The smallest absolute Gasteiger partial charge is 0.343 e. The number of esters is 1. The molecule has 0 spiro atoms. The van der Waals surface area contributed by atoms with E-state index in [1.165, 1.54) is 0 Å². The fourth-order valence-electron chi connectivity index (χ4n) is 2.01. The molecular formula is C16H18N2O4. The molecule has 0 saturated heterocycles. The van der Waals surface area contributed by atoms with Gasteiger partial charge in [0.2, 0.25) is 5.91 Å². The Balaban J connectivity index is 1.98. The van der Waals surface area contributed by atoms with Crippen LogP contribution in [0.25, 0.3) is 0 Å².